The van der Waals surface area contributed by atoms with Crippen molar-refractivity contribution in [2.75, 3.05) is 16.6 Å². The molecule has 0 aromatic carbocycles. The highest BCUT2D eigenvalue weighted by Gasteiger charge is 2.37. The number of carbonyl (C=O) groups is 1. The Morgan fingerprint density at radius 1 is 1.48 bits per heavy atom. The minimum atomic E-state index is -3.06. The zero-order valence-corrected chi connectivity index (χ0v) is 13.1. The van der Waals surface area contributed by atoms with Gasteiger partial charge in [-0.3, -0.25) is 18.9 Å². The van der Waals surface area contributed by atoms with E-state index in [1.54, 1.807) is 18.3 Å². The van der Waals surface area contributed by atoms with Gasteiger partial charge in [-0.05, 0) is 18.6 Å². The average Bonchev–Trinajstić information content (AvgIpc) is 3.00. The Labute approximate surface area is 133 Å². The van der Waals surface area contributed by atoms with Crippen LogP contribution in [0.2, 0.25) is 0 Å². The molecule has 1 aliphatic heterocycles. The predicted molar refractivity (Wildman–Crippen MR) is 84.6 cm³/mol. The van der Waals surface area contributed by atoms with E-state index in [1.807, 2.05) is 0 Å². The Hall–Kier alpha value is -2.23. The minimum absolute atomic E-state index is 0.0476. The predicted octanol–water partition coefficient (Wildman–Crippen LogP) is 2.85. The summed E-state index contributed by atoms with van der Waals surface area (Å²) in [5, 5.41) is 10.4. The number of nitrogens with zero attached hydrogens (tertiary/aromatic N) is 2. The first-order valence-corrected chi connectivity index (χ1v) is 8.55. The summed E-state index contributed by atoms with van der Waals surface area (Å²) in [6, 6.07) is 3.32. The lowest BCUT2D eigenvalue weighted by Gasteiger charge is -2.36. The first kappa shape index (κ1) is 15.7. The number of aromatic hydroxyl groups is 1. The SMILES string of the molecule is CC(=O)Oc1c(N2CCCS2(O)O)oc(-c2cccnc2)c1O. The van der Waals surface area contributed by atoms with Crippen LogP contribution in [-0.4, -0.2) is 37.5 Å². The van der Waals surface area contributed by atoms with Gasteiger partial charge in [-0.25, -0.2) is 4.31 Å². The summed E-state index contributed by atoms with van der Waals surface area (Å²) < 4.78 is 32.1. The van der Waals surface area contributed by atoms with Crippen LogP contribution in [0.3, 0.4) is 0 Å². The number of furan rings is 1. The van der Waals surface area contributed by atoms with Crippen molar-refractivity contribution in [3.05, 3.63) is 24.5 Å². The Morgan fingerprint density at radius 3 is 2.83 bits per heavy atom. The van der Waals surface area contributed by atoms with Crippen molar-refractivity contribution in [2.24, 2.45) is 0 Å². The minimum Gasteiger partial charge on any atom is -0.502 e. The summed E-state index contributed by atoms with van der Waals surface area (Å²) in [5.74, 6) is -1.10. The topological polar surface area (TPSA) is 116 Å². The first-order valence-electron chi connectivity index (χ1n) is 6.88. The van der Waals surface area contributed by atoms with Gasteiger partial charge in [-0.1, -0.05) is 0 Å². The van der Waals surface area contributed by atoms with E-state index in [9.17, 15) is 19.0 Å². The van der Waals surface area contributed by atoms with E-state index in [0.717, 1.165) is 0 Å². The molecule has 0 amide bonds. The maximum absolute atomic E-state index is 11.3. The van der Waals surface area contributed by atoms with Gasteiger partial charge < -0.3 is 14.3 Å². The Bertz CT molecular complexity index is 730. The molecule has 1 fully saturated rings. The fraction of sp³-hybridized carbons (Fsp3) is 0.286. The van der Waals surface area contributed by atoms with Gasteiger partial charge in [-0.15, -0.1) is 10.8 Å². The van der Waals surface area contributed by atoms with Gasteiger partial charge in [0, 0.05) is 31.4 Å². The summed E-state index contributed by atoms with van der Waals surface area (Å²) >= 11 is 0. The molecule has 23 heavy (non-hydrogen) atoms. The molecule has 8 nitrogen and oxygen atoms in total. The zero-order valence-electron chi connectivity index (χ0n) is 12.3. The van der Waals surface area contributed by atoms with E-state index in [0.29, 0.717) is 18.5 Å². The van der Waals surface area contributed by atoms with Gasteiger partial charge >= 0.3 is 5.97 Å². The summed E-state index contributed by atoms with van der Waals surface area (Å²) in [4.78, 5) is 15.3. The molecule has 0 radical (unpaired) electrons. The van der Waals surface area contributed by atoms with Crippen molar-refractivity contribution < 1.29 is 28.2 Å². The van der Waals surface area contributed by atoms with E-state index >= 15 is 0 Å². The van der Waals surface area contributed by atoms with Gasteiger partial charge in [-0.2, -0.15) is 0 Å². The number of anilines is 1. The number of hydrogen-bond acceptors (Lipinski definition) is 8. The molecule has 3 N–H and O–H groups in total. The molecular formula is C14H16N2O6S. The quantitative estimate of drug-likeness (QED) is 0.730. The van der Waals surface area contributed by atoms with Crippen molar-refractivity contribution in [2.45, 2.75) is 13.3 Å². The molecule has 0 unspecified atom stereocenters. The number of ether oxygens (including phenoxy) is 1. The Balaban J connectivity index is 2.13. The van der Waals surface area contributed by atoms with E-state index < -0.39 is 16.7 Å². The molecular weight excluding hydrogens is 324 g/mol. The van der Waals surface area contributed by atoms with Crippen LogP contribution in [0, 0.1) is 0 Å². The van der Waals surface area contributed by atoms with Gasteiger partial charge in [0.25, 0.3) is 5.88 Å². The van der Waals surface area contributed by atoms with Crippen molar-refractivity contribution in [3.8, 4) is 22.8 Å². The van der Waals surface area contributed by atoms with Crippen molar-refractivity contribution in [1.82, 2.24) is 4.98 Å². The third-order valence-electron chi connectivity index (χ3n) is 3.35. The van der Waals surface area contributed by atoms with Gasteiger partial charge in [0.05, 0.1) is 5.75 Å². The highest BCUT2D eigenvalue weighted by atomic mass is 32.3. The summed E-state index contributed by atoms with van der Waals surface area (Å²) in [7, 11) is -3.06. The van der Waals surface area contributed by atoms with Gasteiger partial charge in [0.1, 0.15) is 0 Å². The molecule has 0 atom stereocenters. The second-order valence-corrected chi connectivity index (χ2v) is 7.15. The van der Waals surface area contributed by atoms with Crippen molar-refractivity contribution in [1.29, 1.82) is 0 Å². The van der Waals surface area contributed by atoms with E-state index in [4.69, 9.17) is 9.15 Å². The molecule has 0 aliphatic carbocycles. The van der Waals surface area contributed by atoms with Crippen LogP contribution in [0.1, 0.15) is 13.3 Å². The maximum atomic E-state index is 11.3. The third-order valence-corrected chi connectivity index (χ3v) is 5.24. The van der Waals surface area contributed by atoms with Crippen LogP contribution in [0.25, 0.3) is 11.3 Å². The van der Waals surface area contributed by atoms with Crippen LogP contribution in [-0.2, 0) is 4.79 Å². The van der Waals surface area contributed by atoms with Gasteiger partial charge in [0.2, 0.25) is 11.5 Å². The number of rotatable bonds is 3. The van der Waals surface area contributed by atoms with Crippen molar-refractivity contribution in [3.63, 3.8) is 0 Å². The zero-order chi connectivity index (χ0) is 16.6. The molecule has 2 aromatic heterocycles. The van der Waals surface area contributed by atoms with Gasteiger partial charge in [0.15, 0.2) is 5.76 Å². The number of aromatic nitrogens is 1. The fourth-order valence-corrected chi connectivity index (χ4v) is 3.92. The molecule has 0 bridgehead atoms. The van der Waals surface area contributed by atoms with Crippen LogP contribution in [0.5, 0.6) is 11.5 Å². The molecule has 0 saturated carbocycles. The molecule has 9 heteroatoms. The van der Waals surface area contributed by atoms with Crippen LogP contribution < -0.4 is 9.04 Å². The average molecular weight is 340 g/mol. The number of hydrogen-bond donors (Lipinski definition) is 3. The van der Waals surface area contributed by atoms with E-state index in [2.05, 4.69) is 4.98 Å². The largest absolute Gasteiger partial charge is 0.502 e. The Kier molecular flexibility index (Phi) is 3.92. The smallest absolute Gasteiger partial charge is 0.308 e. The molecule has 3 heterocycles. The van der Waals surface area contributed by atoms with E-state index in [-0.39, 0.29) is 28.9 Å². The maximum Gasteiger partial charge on any atom is 0.308 e. The second kappa shape index (κ2) is 5.76. The number of carbonyl (C=O) groups excluding carboxylic acids is 1. The molecule has 124 valence electrons. The number of esters is 1. The highest BCUT2D eigenvalue weighted by molar-refractivity contribution is 8.25. The van der Waals surface area contributed by atoms with Crippen LogP contribution in [0.15, 0.2) is 28.9 Å². The summed E-state index contributed by atoms with van der Waals surface area (Å²) in [6.07, 6.45) is 3.59. The normalized spacial score (nSPS) is 18.0. The first-order chi connectivity index (χ1) is 10.9. The second-order valence-electron chi connectivity index (χ2n) is 5.04. The van der Waals surface area contributed by atoms with Crippen molar-refractivity contribution >= 4 is 22.6 Å². The van der Waals surface area contributed by atoms with E-state index in [1.165, 1.54) is 17.4 Å². The molecule has 1 aliphatic rings. The monoisotopic (exact) mass is 340 g/mol. The lowest BCUT2D eigenvalue weighted by Crippen LogP contribution is -2.22. The van der Waals surface area contributed by atoms with Crippen LogP contribution in [0.4, 0.5) is 5.88 Å². The van der Waals surface area contributed by atoms with Crippen LogP contribution >= 0.6 is 10.8 Å². The fourth-order valence-electron chi connectivity index (χ4n) is 2.38. The molecule has 3 rings (SSSR count). The Morgan fingerprint density at radius 2 is 2.26 bits per heavy atom. The third kappa shape index (κ3) is 2.85. The molecule has 1 saturated heterocycles. The summed E-state index contributed by atoms with van der Waals surface area (Å²) in [5.41, 5.74) is 0.473. The standard InChI is InChI=1S/C14H16N2O6S/c1-9(17)21-13-11(18)12(10-4-2-5-15-8-10)22-14(13)16-6-3-7-23(16,19)20/h2,4-5,8,18-20H,3,6-7H2,1H3. The highest BCUT2D eigenvalue weighted by Crippen LogP contribution is 2.57. The summed E-state index contributed by atoms with van der Waals surface area (Å²) in [6.45, 7) is 1.50. The lowest BCUT2D eigenvalue weighted by atomic mass is 10.2. The molecule has 0 spiro atoms. The molecule has 2 aromatic rings. The lowest BCUT2D eigenvalue weighted by molar-refractivity contribution is -0.132. The number of pyridine rings is 1.